The van der Waals surface area contributed by atoms with Gasteiger partial charge < -0.3 is 15.0 Å². The number of hydrogen-bond donors (Lipinski definition) is 2. The molecule has 0 aliphatic rings. The fourth-order valence-electron chi connectivity index (χ4n) is 1.15. The minimum absolute atomic E-state index is 0.277. The average molecular weight is 183 g/mol. The molecule has 0 spiro atoms. The van der Waals surface area contributed by atoms with E-state index in [9.17, 15) is 0 Å². The van der Waals surface area contributed by atoms with Gasteiger partial charge in [-0.05, 0) is 6.92 Å². The number of nitrogens with one attached hydrogen (secondary N) is 1. The summed E-state index contributed by atoms with van der Waals surface area (Å²) in [6.45, 7) is 3.27. The Kier molecular flexibility index (Phi) is 3.92. The van der Waals surface area contributed by atoms with Crippen molar-refractivity contribution < 1.29 is 5.11 Å². The summed E-state index contributed by atoms with van der Waals surface area (Å²) in [6, 6.07) is 0. The minimum Gasteiger partial charge on any atom is -0.392 e. The summed E-state index contributed by atoms with van der Waals surface area (Å²) in [4.78, 5) is 4.19. The third kappa shape index (κ3) is 3.57. The van der Waals surface area contributed by atoms with Crippen LogP contribution in [0.3, 0.4) is 0 Å². The van der Waals surface area contributed by atoms with Crippen LogP contribution in [0.25, 0.3) is 0 Å². The molecule has 74 valence electrons. The van der Waals surface area contributed by atoms with Crippen molar-refractivity contribution in [2.75, 3.05) is 13.1 Å². The van der Waals surface area contributed by atoms with Gasteiger partial charge in [-0.1, -0.05) is 0 Å². The molecule has 1 atom stereocenters. The van der Waals surface area contributed by atoms with Crippen LogP contribution < -0.4 is 5.32 Å². The van der Waals surface area contributed by atoms with Gasteiger partial charge in [0.2, 0.25) is 0 Å². The molecule has 0 aliphatic carbocycles. The van der Waals surface area contributed by atoms with Crippen molar-refractivity contribution >= 4 is 0 Å². The first-order valence-electron chi connectivity index (χ1n) is 4.55. The third-order valence-electron chi connectivity index (χ3n) is 1.89. The topological polar surface area (TPSA) is 50.1 Å². The highest BCUT2D eigenvalue weighted by Gasteiger charge is 1.98. The Morgan fingerprint density at radius 2 is 2.46 bits per heavy atom. The van der Waals surface area contributed by atoms with Crippen LogP contribution in [0.4, 0.5) is 0 Å². The summed E-state index contributed by atoms with van der Waals surface area (Å²) in [5, 5.41) is 12.1. The predicted molar refractivity (Wildman–Crippen MR) is 51.5 cm³/mol. The number of aliphatic hydroxyl groups excluding tert-OH is 1. The molecule has 0 aromatic carbocycles. The molecule has 0 saturated heterocycles. The summed E-state index contributed by atoms with van der Waals surface area (Å²) < 4.78 is 2.00. The minimum atomic E-state index is -0.277. The van der Waals surface area contributed by atoms with Gasteiger partial charge in [-0.15, -0.1) is 0 Å². The van der Waals surface area contributed by atoms with E-state index in [0.717, 1.165) is 18.8 Å². The predicted octanol–water partition coefficient (Wildman–Crippen LogP) is -0.0670. The van der Waals surface area contributed by atoms with E-state index < -0.39 is 0 Å². The number of aliphatic hydroxyl groups is 1. The van der Waals surface area contributed by atoms with Crippen molar-refractivity contribution in [1.82, 2.24) is 14.9 Å². The highest BCUT2D eigenvalue weighted by atomic mass is 16.3. The van der Waals surface area contributed by atoms with Crippen molar-refractivity contribution in [3.05, 3.63) is 18.2 Å². The lowest BCUT2D eigenvalue weighted by Crippen LogP contribution is -2.26. The standard InChI is InChI=1S/C9H17N3O/c1-8(13)7-10-4-3-9-11-5-6-12(9)2/h5-6,8,10,13H,3-4,7H2,1-2H3/t8-/m0/s1. The number of nitrogens with zero attached hydrogens (tertiary/aromatic N) is 2. The van der Waals surface area contributed by atoms with E-state index in [1.54, 1.807) is 13.1 Å². The number of rotatable bonds is 5. The van der Waals surface area contributed by atoms with Crippen LogP contribution in [0, 0.1) is 0 Å². The zero-order valence-electron chi connectivity index (χ0n) is 8.20. The van der Waals surface area contributed by atoms with Crippen molar-refractivity contribution in [2.24, 2.45) is 7.05 Å². The summed E-state index contributed by atoms with van der Waals surface area (Å²) in [6.07, 6.45) is 4.35. The van der Waals surface area contributed by atoms with Gasteiger partial charge in [-0.2, -0.15) is 0 Å². The van der Waals surface area contributed by atoms with Crippen LogP contribution >= 0.6 is 0 Å². The molecule has 1 rings (SSSR count). The number of hydrogen-bond acceptors (Lipinski definition) is 3. The first-order valence-corrected chi connectivity index (χ1v) is 4.55. The molecule has 4 heteroatoms. The molecule has 0 amide bonds. The molecule has 0 radical (unpaired) electrons. The van der Waals surface area contributed by atoms with Gasteiger partial charge in [-0.25, -0.2) is 4.98 Å². The Morgan fingerprint density at radius 1 is 1.69 bits per heavy atom. The number of aromatic nitrogens is 2. The van der Waals surface area contributed by atoms with Gasteiger partial charge in [0.25, 0.3) is 0 Å². The lowest BCUT2D eigenvalue weighted by atomic mass is 10.3. The van der Waals surface area contributed by atoms with Crippen LogP contribution in [0.1, 0.15) is 12.7 Å². The molecule has 0 fully saturated rings. The van der Waals surface area contributed by atoms with Crippen molar-refractivity contribution in [1.29, 1.82) is 0 Å². The first kappa shape index (κ1) is 10.2. The summed E-state index contributed by atoms with van der Waals surface area (Å²) in [5.41, 5.74) is 0. The van der Waals surface area contributed by atoms with Crippen molar-refractivity contribution in [3.63, 3.8) is 0 Å². The monoisotopic (exact) mass is 183 g/mol. The summed E-state index contributed by atoms with van der Waals surface area (Å²) in [7, 11) is 1.98. The fourth-order valence-corrected chi connectivity index (χ4v) is 1.15. The van der Waals surface area contributed by atoms with Crippen LogP contribution in [-0.2, 0) is 13.5 Å². The van der Waals surface area contributed by atoms with Gasteiger partial charge >= 0.3 is 0 Å². The van der Waals surface area contributed by atoms with Gasteiger partial charge in [0.05, 0.1) is 6.10 Å². The molecule has 0 unspecified atom stereocenters. The van der Waals surface area contributed by atoms with Gasteiger partial charge in [0.15, 0.2) is 0 Å². The van der Waals surface area contributed by atoms with E-state index in [1.807, 2.05) is 17.8 Å². The maximum Gasteiger partial charge on any atom is 0.109 e. The first-order chi connectivity index (χ1) is 6.20. The van der Waals surface area contributed by atoms with Crippen molar-refractivity contribution in [2.45, 2.75) is 19.4 Å². The quantitative estimate of drug-likeness (QED) is 0.628. The maximum atomic E-state index is 8.98. The Bertz CT molecular complexity index is 245. The van der Waals surface area contributed by atoms with Gasteiger partial charge in [0, 0.05) is 39.0 Å². The highest BCUT2D eigenvalue weighted by Crippen LogP contribution is 1.93. The van der Waals surface area contributed by atoms with Gasteiger partial charge in [0.1, 0.15) is 5.82 Å². The largest absolute Gasteiger partial charge is 0.392 e. The second kappa shape index (κ2) is 4.99. The average Bonchev–Trinajstić information content (AvgIpc) is 2.45. The molecule has 1 aromatic rings. The van der Waals surface area contributed by atoms with Crippen LogP contribution in [0.2, 0.25) is 0 Å². The molecule has 0 bridgehead atoms. The third-order valence-corrected chi connectivity index (χ3v) is 1.89. The van der Waals surface area contributed by atoms with E-state index in [4.69, 9.17) is 5.11 Å². The Hall–Kier alpha value is -0.870. The zero-order chi connectivity index (χ0) is 9.68. The Labute approximate surface area is 78.6 Å². The lowest BCUT2D eigenvalue weighted by Gasteiger charge is -2.06. The fraction of sp³-hybridized carbons (Fsp3) is 0.667. The summed E-state index contributed by atoms with van der Waals surface area (Å²) >= 11 is 0. The van der Waals surface area contributed by atoms with Gasteiger partial charge in [-0.3, -0.25) is 0 Å². The van der Waals surface area contributed by atoms with Crippen LogP contribution in [0.15, 0.2) is 12.4 Å². The van der Waals surface area contributed by atoms with E-state index in [1.165, 1.54) is 0 Å². The zero-order valence-corrected chi connectivity index (χ0v) is 8.20. The van der Waals surface area contributed by atoms with E-state index >= 15 is 0 Å². The maximum absolute atomic E-state index is 8.98. The number of imidazole rings is 1. The molecule has 13 heavy (non-hydrogen) atoms. The second-order valence-electron chi connectivity index (χ2n) is 3.26. The molecular formula is C9H17N3O. The molecule has 0 saturated carbocycles. The van der Waals surface area contributed by atoms with E-state index in [-0.39, 0.29) is 6.10 Å². The Morgan fingerprint density at radius 3 is 3.00 bits per heavy atom. The van der Waals surface area contributed by atoms with Crippen LogP contribution in [0.5, 0.6) is 0 Å². The van der Waals surface area contributed by atoms with E-state index in [0.29, 0.717) is 6.54 Å². The lowest BCUT2D eigenvalue weighted by molar-refractivity contribution is 0.191. The molecular weight excluding hydrogens is 166 g/mol. The van der Waals surface area contributed by atoms with Crippen LogP contribution in [-0.4, -0.2) is 33.9 Å². The SMILES string of the molecule is C[C@H](O)CNCCc1nccn1C. The van der Waals surface area contributed by atoms with Crippen molar-refractivity contribution in [3.8, 4) is 0 Å². The smallest absolute Gasteiger partial charge is 0.109 e. The number of aryl methyl sites for hydroxylation is 1. The molecule has 1 heterocycles. The molecule has 1 aromatic heterocycles. The molecule has 0 aliphatic heterocycles. The summed E-state index contributed by atoms with van der Waals surface area (Å²) in [5.74, 6) is 1.07. The Balaban J connectivity index is 2.17. The molecule has 2 N–H and O–H groups in total. The highest BCUT2D eigenvalue weighted by molar-refractivity contribution is 4.91. The molecule has 4 nitrogen and oxygen atoms in total. The second-order valence-corrected chi connectivity index (χ2v) is 3.26. The van der Waals surface area contributed by atoms with E-state index in [2.05, 4.69) is 10.3 Å². The normalized spacial score (nSPS) is 13.2.